The van der Waals surface area contributed by atoms with E-state index in [0.29, 0.717) is 24.7 Å². The van der Waals surface area contributed by atoms with Crippen LogP contribution in [0.25, 0.3) is 0 Å². The third-order valence-electron chi connectivity index (χ3n) is 4.29. The quantitative estimate of drug-likeness (QED) is 0.865. The van der Waals surface area contributed by atoms with Crippen LogP contribution in [0.2, 0.25) is 0 Å². The fourth-order valence-corrected chi connectivity index (χ4v) is 3.18. The minimum absolute atomic E-state index is 0.0853. The number of carbonyl (C=O) groups excluding carboxylic acids is 1. The highest BCUT2D eigenvalue weighted by Crippen LogP contribution is 2.30. The summed E-state index contributed by atoms with van der Waals surface area (Å²) in [6, 6.07) is 1.94. The zero-order valence-electron chi connectivity index (χ0n) is 13.9. The van der Waals surface area contributed by atoms with Crippen molar-refractivity contribution in [2.75, 3.05) is 6.54 Å². The monoisotopic (exact) mass is 317 g/mol. The number of rotatable bonds is 4. The van der Waals surface area contributed by atoms with E-state index in [1.807, 2.05) is 29.5 Å². The predicted octanol–water partition coefficient (Wildman–Crippen LogP) is 2.34. The molecule has 0 N–H and O–H groups in total. The summed E-state index contributed by atoms with van der Waals surface area (Å²) in [7, 11) is 0. The predicted molar refractivity (Wildman–Crippen MR) is 83.7 cm³/mol. The minimum atomic E-state index is -0.0853. The molecule has 0 spiro atoms. The maximum absolute atomic E-state index is 12.7. The van der Waals surface area contributed by atoms with Crippen molar-refractivity contribution in [3.05, 3.63) is 29.2 Å². The molecule has 1 unspecified atom stereocenters. The topological polar surface area (TPSA) is 77.0 Å². The van der Waals surface area contributed by atoms with Crippen molar-refractivity contribution < 1.29 is 9.32 Å². The van der Waals surface area contributed by atoms with E-state index in [0.717, 1.165) is 37.2 Å². The van der Waals surface area contributed by atoms with Crippen LogP contribution in [0, 0.1) is 20.8 Å². The van der Waals surface area contributed by atoms with Crippen LogP contribution in [0.4, 0.5) is 0 Å². The van der Waals surface area contributed by atoms with E-state index in [2.05, 4.69) is 15.2 Å². The average molecular weight is 317 g/mol. The Morgan fingerprint density at radius 3 is 2.83 bits per heavy atom. The molecule has 0 bridgehead atoms. The molecule has 0 saturated carbocycles. The van der Waals surface area contributed by atoms with Gasteiger partial charge in [-0.25, -0.2) is 0 Å². The van der Waals surface area contributed by atoms with E-state index in [1.54, 1.807) is 6.92 Å². The first-order valence-electron chi connectivity index (χ1n) is 8.15. The zero-order valence-corrected chi connectivity index (χ0v) is 13.9. The smallest absolute Gasteiger partial charge is 0.249 e. The molecule has 3 rings (SSSR count). The normalized spacial score (nSPS) is 18.4. The van der Waals surface area contributed by atoms with Gasteiger partial charge in [0.1, 0.15) is 6.04 Å². The second-order valence-electron chi connectivity index (χ2n) is 6.18. The maximum Gasteiger partial charge on any atom is 0.249 e. The fraction of sp³-hybridized carbons (Fsp3) is 0.625. The SMILES string of the molecule is Cc1cc(C)n(CCC(=O)N2CCCCC2c2nc(C)no2)n1. The molecule has 7 heteroatoms. The first-order chi connectivity index (χ1) is 11.0. The van der Waals surface area contributed by atoms with Gasteiger partial charge >= 0.3 is 0 Å². The molecular formula is C16H23N5O2. The lowest BCUT2D eigenvalue weighted by molar-refractivity contribution is -0.136. The van der Waals surface area contributed by atoms with Crippen LogP contribution in [0.3, 0.4) is 0 Å². The molecule has 1 aliphatic heterocycles. The molecule has 2 aromatic heterocycles. The van der Waals surface area contributed by atoms with Gasteiger partial charge in [0.25, 0.3) is 0 Å². The van der Waals surface area contributed by atoms with Crippen molar-refractivity contribution in [3.63, 3.8) is 0 Å². The van der Waals surface area contributed by atoms with Crippen molar-refractivity contribution in [1.82, 2.24) is 24.8 Å². The summed E-state index contributed by atoms with van der Waals surface area (Å²) >= 11 is 0. The number of likely N-dealkylation sites (tertiary alicyclic amines) is 1. The van der Waals surface area contributed by atoms with Crippen LogP contribution in [0.15, 0.2) is 10.6 Å². The average Bonchev–Trinajstić information content (AvgIpc) is 3.10. The lowest BCUT2D eigenvalue weighted by Gasteiger charge is -2.33. The van der Waals surface area contributed by atoms with Gasteiger partial charge in [-0.2, -0.15) is 10.1 Å². The van der Waals surface area contributed by atoms with E-state index in [-0.39, 0.29) is 11.9 Å². The number of piperidine rings is 1. The lowest BCUT2D eigenvalue weighted by Crippen LogP contribution is -2.39. The summed E-state index contributed by atoms with van der Waals surface area (Å²) in [5, 5.41) is 8.27. The second kappa shape index (κ2) is 6.52. The Morgan fingerprint density at radius 2 is 2.17 bits per heavy atom. The Bertz CT molecular complexity index is 690. The molecule has 23 heavy (non-hydrogen) atoms. The summed E-state index contributed by atoms with van der Waals surface area (Å²) < 4.78 is 7.19. The van der Waals surface area contributed by atoms with E-state index in [4.69, 9.17) is 4.52 Å². The highest BCUT2D eigenvalue weighted by atomic mass is 16.5. The number of aromatic nitrogens is 4. The maximum atomic E-state index is 12.7. The molecule has 2 aromatic rings. The van der Waals surface area contributed by atoms with Crippen molar-refractivity contribution in [3.8, 4) is 0 Å². The van der Waals surface area contributed by atoms with Gasteiger partial charge in [0.2, 0.25) is 11.8 Å². The van der Waals surface area contributed by atoms with Crippen molar-refractivity contribution in [2.45, 2.75) is 59.0 Å². The summed E-state index contributed by atoms with van der Waals surface area (Å²) in [4.78, 5) is 18.9. The van der Waals surface area contributed by atoms with Crippen LogP contribution in [-0.4, -0.2) is 37.3 Å². The number of hydrogen-bond donors (Lipinski definition) is 0. The van der Waals surface area contributed by atoms with Crippen molar-refractivity contribution in [1.29, 1.82) is 0 Å². The highest BCUT2D eigenvalue weighted by molar-refractivity contribution is 5.76. The van der Waals surface area contributed by atoms with E-state index in [1.165, 1.54) is 0 Å². The van der Waals surface area contributed by atoms with E-state index < -0.39 is 0 Å². The molecule has 3 heterocycles. The third kappa shape index (κ3) is 3.43. The van der Waals surface area contributed by atoms with Gasteiger partial charge in [0.15, 0.2) is 5.82 Å². The molecule has 1 atom stereocenters. The van der Waals surface area contributed by atoms with Gasteiger partial charge in [-0.1, -0.05) is 5.16 Å². The molecule has 1 amide bonds. The number of amides is 1. The molecule has 0 radical (unpaired) electrons. The third-order valence-corrected chi connectivity index (χ3v) is 4.29. The summed E-state index contributed by atoms with van der Waals surface area (Å²) in [6.45, 7) is 7.12. The highest BCUT2D eigenvalue weighted by Gasteiger charge is 2.31. The van der Waals surface area contributed by atoms with Gasteiger partial charge < -0.3 is 9.42 Å². The van der Waals surface area contributed by atoms with E-state index in [9.17, 15) is 4.79 Å². The summed E-state index contributed by atoms with van der Waals surface area (Å²) in [5.74, 6) is 1.29. The van der Waals surface area contributed by atoms with Gasteiger partial charge in [-0.05, 0) is 46.1 Å². The zero-order chi connectivity index (χ0) is 16.4. The van der Waals surface area contributed by atoms with Crippen LogP contribution in [0.1, 0.15) is 54.8 Å². The number of carbonyl (C=O) groups is 1. The van der Waals surface area contributed by atoms with Crippen molar-refractivity contribution in [2.24, 2.45) is 0 Å². The van der Waals surface area contributed by atoms with Crippen LogP contribution in [-0.2, 0) is 11.3 Å². The molecule has 1 aliphatic rings. The van der Waals surface area contributed by atoms with Crippen LogP contribution in [0.5, 0.6) is 0 Å². The Balaban J connectivity index is 1.67. The summed E-state index contributed by atoms with van der Waals surface area (Å²) in [6.07, 6.45) is 3.42. The van der Waals surface area contributed by atoms with E-state index >= 15 is 0 Å². The molecular weight excluding hydrogens is 294 g/mol. The van der Waals surface area contributed by atoms with Gasteiger partial charge in [0, 0.05) is 25.2 Å². The van der Waals surface area contributed by atoms with Gasteiger partial charge in [0.05, 0.1) is 5.69 Å². The first kappa shape index (κ1) is 15.7. The lowest BCUT2D eigenvalue weighted by atomic mass is 10.0. The molecule has 124 valence electrons. The first-order valence-corrected chi connectivity index (χ1v) is 8.15. The molecule has 1 saturated heterocycles. The molecule has 0 aliphatic carbocycles. The van der Waals surface area contributed by atoms with Crippen molar-refractivity contribution >= 4 is 5.91 Å². The summed E-state index contributed by atoms with van der Waals surface area (Å²) in [5.41, 5.74) is 2.06. The van der Waals surface area contributed by atoms with Gasteiger partial charge in [-0.15, -0.1) is 0 Å². The molecule has 0 aromatic carbocycles. The molecule has 7 nitrogen and oxygen atoms in total. The van der Waals surface area contributed by atoms with Crippen LogP contribution < -0.4 is 0 Å². The van der Waals surface area contributed by atoms with Gasteiger partial charge in [-0.3, -0.25) is 9.48 Å². The number of aryl methyl sites for hydroxylation is 4. The Morgan fingerprint density at radius 1 is 1.35 bits per heavy atom. The Labute approximate surface area is 135 Å². The molecule has 1 fully saturated rings. The second-order valence-corrected chi connectivity index (χ2v) is 6.18. The largest absolute Gasteiger partial charge is 0.337 e. The number of nitrogens with zero attached hydrogens (tertiary/aromatic N) is 5. The fourth-order valence-electron chi connectivity index (χ4n) is 3.18. The number of hydrogen-bond acceptors (Lipinski definition) is 5. The van der Waals surface area contributed by atoms with Crippen LogP contribution >= 0.6 is 0 Å². The Kier molecular flexibility index (Phi) is 4.45. The minimum Gasteiger partial charge on any atom is -0.337 e. The standard InChI is InChI=1S/C16H23N5O2/c1-11-10-12(2)21(18-11)9-7-15(22)20-8-5-4-6-14(20)16-17-13(3)19-23-16/h10,14H,4-9H2,1-3H3. The Hall–Kier alpha value is -2.18.